The van der Waals surface area contributed by atoms with Crippen LogP contribution in [-0.4, -0.2) is 290 Å². The van der Waals surface area contributed by atoms with Crippen molar-refractivity contribution in [1.82, 2.24) is 56.2 Å². The van der Waals surface area contributed by atoms with Gasteiger partial charge in [0.2, 0.25) is 71.4 Å². The van der Waals surface area contributed by atoms with Crippen LogP contribution < -0.4 is 56.2 Å². The van der Waals surface area contributed by atoms with Crippen LogP contribution >= 0.6 is 11.8 Å². The molecule has 0 spiro atoms. The minimum absolute atomic E-state index is 0.00812. The Balaban J connectivity index is 0.00000264. The number of phenols is 1. The molecule has 44 heteroatoms. The molecule has 0 fully saturated rings. The van der Waals surface area contributed by atoms with Crippen molar-refractivity contribution in [2.75, 3.05) is 148 Å². The van der Waals surface area contributed by atoms with Gasteiger partial charge in [0.25, 0.3) is 0 Å². The van der Waals surface area contributed by atoms with Gasteiger partial charge in [0.1, 0.15) is 23.9 Å². The van der Waals surface area contributed by atoms with Gasteiger partial charge in [0.15, 0.2) is 0 Å². The van der Waals surface area contributed by atoms with Crippen molar-refractivity contribution in [2.45, 2.75) is 323 Å². The van der Waals surface area contributed by atoms with Crippen LogP contribution in [0.1, 0.15) is 291 Å². The van der Waals surface area contributed by atoms with E-state index in [2.05, 4.69) is 151 Å². The van der Waals surface area contributed by atoms with Crippen LogP contribution in [0.2, 0.25) is 0 Å². The quantitative estimate of drug-likeness (QED) is 0.00488. The van der Waals surface area contributed by atoms with Crippen molar-refractivity contribution >= 4 is 146 Å². The lowest BCUT2D eigenvalue weighted by Crippen LogP contribution is -2.51. The summed E-state index contributed by atoms with van der Waals surface area (Å²) in [5.41, 5.74) is 0.916. The number of hydrogen-bond donors (Lipinski definition) is 12. The van der Waals surface area contributed by atoms with Gasteiger partial charge in [0.05, 0.1) is 141 Å². The average molecular weight is 2190 g/mol. The molecule has 4 aromatic rings. The van der Waals surface area contributed by atoms with Crippen LogP contribution in [-0.2, 0) is 94.0 Å². The lowest BCUT2D eigenvalue weighted by Gasteiger charge is -2.39. The fourth-order valence-corrected chi connectivity index (χ4v) is 22.9. The molecule has 0 saturated carbocycles. The fraction of sp³-hybridized carbons (Fsp3) is 0.693. The topological polar surface area (TPSA) is 546 Å². The summed E-state index contributed by atoms with van der Waals surface area (Å²) in [7, 11) is -33.2. The largest absolute Gasteiger partial charge is 0.748 e. The van der Waals surface area contributed by atoms with Crippen LogP contribution in [0.3, 0.4) is 0 Å². The van der Waals surface area contributed by atoms with E-state index in [4.69, 9.17) is 11.8 Å². The summed E-state index contributed by atoms with van der Waals surface area (Å²) < 4.78 is 206. The number of unbranched alkanes of at least 4 members (excludes halogenated alkanes) is 12. The van der Waals surface area contributed by atoms with Crippen LogP contribution in [0.15, 0.2) is 99.7 Å². The minimum Gasteiger partial charge on any atom is -0.748 e. The van der Waals surface area contributed by atoms with Gasteiger partial charge in [-0.15, -0.1) is 0 Å². The molecule has 3 atom stereocenters. The molecule has 0 saturated heterocycles. The van der Waals surface area contributed by atoms with E-state index in [0.717, 1.165) is 30.7 Å². The molecular formula is C101H179ClN14O23S6. The molecule has 0 aliphatic carbocycles. The Hall–Kier alpha value is -7.44. The maximum Gasteiger partial charge on any atom is 0.246 e. The summed E-state index contributed by atoms with van der Waals surface area (Å²) in [6.07, 6.45) is 33.9. The van der Waals surface area contributed by atoms with Gasteiger partial charge >= 0.3 is 0 Å². The highest BCUT2D eigenvalue weighted by Gasteiger charge is 2.38. The van der Waals surface area contributed by atoms with Gasteiger partial charge in [-0.2, -0.15) is 14.2 Å². The molecule has 0 bridgehead atoms. The van der Waals surface area contributed by atoms with Crippen LogP contribution in [0, 0.1) is 0 Å². The molecule has 12 N–H and O–H groups in total. The zero-order valence-electron chi connectivity index (χ0n) is 89.7. The Morgan fingerprint density at radius 1 is 0.297 bits per heavy atom. The highest BCUT2D eigenvalue weighted by atomic mass is 35.5. The summed E-state index contributed by atoms with van der Waals surface area (Å²) in [5, 5.41) is 24.7. The van der Waals surface area contributed by atoms with Crippen molar-refractivity contribution in [2.24, 2.45) is 0 Å². The molecular weight excluding hydrogens is 2010 g/mol. The van der Waals surface area contributed by atoms with E-state index in [1.807, 2.05) is 0 Å². The monoisotopic (exact) mass is 2180 g/mol. The third kappa shape index (κ3) is 54.7. The van der Waals surface area contributed by atoms with Crippen molar-refractivity contribution in [3.05, 3.63) is 85.0 Å². The van der Waals surface area contributed by atoms with Crippen molar-refractivity contribution in [1.29, 1.82) is 0 Å². The van der Waals surface area contributed by atoms with E-state index in [1.165, 1.54) is 267 Å². The van der Waals surface area contributed by atoms with E-state index in [9.17, 15) is 103 Å². The molecule has 0 aromatic heterocycles. The number of amides is 7. The first-order valence-electron chi connectivity index (χ1n) is 51.9. The Morgan fingerprint density at radius 2 is 0.476 bits per heavy atom. The molecule has 4 rings (SSSR count). The first kappa shape index (κ1) is 138. The van der Waals surface area contributed by atoms with E-state index in [0.29, 0.717) is 30.8 Å². The normalized spacial score (nSPS) is 12.7. The smallest absolute Gasteiger partial charge is 0.246 e. The van der Waals surface area contributed by atoms with Gasteiger partial charge in [-0.3, -0.25) is 33.6 Å². The maximum atomic E-state index is 14.7. The maximum absolute atomic E-state index is 14.7. The number of rotatable bonds is 74. The summed E-state index contributed by atoms with van der Waals surface area (Å²) in [6.45, 7) is 64.8. The minimum atomic E-state index is -5.64. The van der Waals surface area contributed by atoms with Crippen LogP contribution in [0.5, 0.6) is 5.75 Å². The molecule has 0 aliphatic rings. The SMILES string of the molecule is C=C(C)C(=O)NCCCNC(=O)C(CS(=O)(=O)[O-])NS(=O)(=O)c1cc(O)c2ccc3c(S(=O)(=O)NC(CS(=O)(=O)[O-])C(=O)NCCCNC(=O)C(=C)C)cc(S(=O)(=O)NC(CS(=O)(=O)[O-])C(=O)NCCCNC(=O)C(=C)C)c4ccc1c2c34.C=C(C)C(=O)NCCCNCl.CCCC[N+](CCCC)(CCCC)CCCC.CCCC[N+](CCCC)(CCCC)CCCC.CCCC[N+](CCCC)(CCCC)CCCC. The van der Waals surface area contributed by atoms with E-state index < -0.39 is 184 Å². The summed E-state index contributed by atoms with van der Waals surface area (Å²) in [6, 6.07) is -2.88. The number of benzene rings is 4. The summed E-state index contributed by atoms with van der Waals surface area (Å²) >= 11 is 5.20. The fourth-order valence-electron chi connectivity index (χ4n) is 16.2. The van der Waals surface area contributed by atoms with Crippen molar-refractivity contribution < 1.29 is 116 Å². The van der Waals surface area contributed by atoms with Gasteiger partial charge < -0.3 is 69.4 Å². The number of nitrogens with zero attached hydrogens (tertiary/aromatic N) is 3. The molecule has 0 aliphatic heterocycles. The van der Waals surface area contributed by atoms with Gasteiger partial charge in [-0.05, 0) is 154 Å². The number of sulfonamides is 3. The lowest BCUT2D eigenvalue weighted by molar-refractivity contribution is -0.929. The average Bonchev–Trinajstić information content (AvgIpc) is 0.701. The first-order valence-corrected chi connectivity index (χ1v) is 61.4. The second-order valence-corrected chi connectivity index (χ2v) is 47.5. The summed E-state index contributed by atoms with van der Waals surface area (Å²) in [4.78, 5) is 85.7. The Kier molecular flexibility index (Phi) is 68.4. The van der Waals surface area contributed by atoms with Crippen molar-refractivity contribution in [3.63, 3.8) is 0 Å². The number of halogens is 1. The Morgan fingerprint density at radius 3 is 0.662 bits per heavy atom. The van der Waals surface area contributed by atoms with Gasteiger partial charge in [-0.1, -0.05) is 205 Å². The first-order chi connectivity index (χ1) is 68.1. The molecule has 834 valence electrons. The van der Waals surface area contributed by atoms with Gasteiger partial charge in [-0.25, -0.2) is 55.3 Å². The standard InChI is InChI=1S/C46H61N9O22S6.3C16H36N.C7H13ClN2O/c1-25(2)41(57)47-14-7-17-50-44(60)32(22-78(63,64)65)53-81(72,73)36-20-35(56)28-10-11-30-37(82(74,75)54-33(23-79(66,67)68)45(61)51-18-8-15-48-42(58)26(3)4)21-38(31-13-12-29(36)39(28)40(30)31)83(76,77)55-34(24-80(69,70)71)46(62)52-19-9-16-49-43(59)27(5)6;3*1-5-9-13-17(14-10-6-2,15-11-7-3)16-12-8-4;1-6(2)7(11)9-4-3-5-10-8/h10-13,20-21,32-34,53-56H,1,3,5,7-9,14-19,22-24H2,2,4,6H3,(H,47,57)(H,48,58)(H,49,59)(H,50,60)(H,51,61)(H,52,62)(H,63,64,65)(H,66,67,68)(H,69,70,71);3*5-16H2,1-4H3;10H,1,3-5H2,2H3,(H,9,11)/q;3*+1;/p-3. The summed E-state index contributed by atoms with van der Waals surface area (Å²) in [5.74, 6) is -12.3. The molecule has 3 unspecified atom stereocenters. The lowest BCUT2D eigenvalue weighted by atomic mass is 9.94. The number of hydrogen-bond acceptors (Lipinski definition) is 24. The predicted octanol–water partition coefficient (Wildman–Crippen LogP) is 12.3. The van der Waals surface area contributed by atoms with E-state index >= 15 is 0 Å². The van der Waals surface area contributed by atoms with E-state index in [1.54, 1.807) is 21.1 Å². The number of carbonyl (C=O) groups excluding carboxylic acids is 7. The van der Waals surface area contributed by atoms with Crippen LogP contribution in [0.4, 0.5) is 0 Å². The number of nitrogens with one attached hydrogen (secondary N) is 11. The number of quaternary nitrogens is 3. The second kappa shape index (κ2) is 72.1. The predicted molar refractivity (Wildman–Crippen MR) is 579 cm³/mol. The highest BCUT2D eigenvalue weighted by molar-refractivity contribution is 7.91. The zero-order chi connectivity index (χ0) is 110. The highest BCUT2D eigenvalue weighted by Crippen LogP contribution is 2.45. The number of aromatic hydroxyl groups is 1. The zero-order valence-corrected chi connectivity index (χ0v) is 95.3. The Labute approximate surface area is 874 Å². The third-order valence-corrected chi connectivity index (χ3v) is 31.5. The van der Waals surface area contributed by atoms with E-state index in [-0.39, 0.29) is 81.2 Å². The Bertz CT molecular complexity index is 5050. The van der Waals surface area contributed by atoms with Gasteiger partial charge in [0, 0.05) is 113 Å². The van der Waals surface area contributed by atoms with Crippen LogP contribution in [0.25, 0.3) is 32.3 Å². The molecule has 0 heterocycles. The third-order valence-electron chi connectivity index (χ3n) is 24.5. The number of carbonyl (C=O) groups is 7. The molecule has 0 radical (unpaired) electrons. The molecule has 7 amide bonds. The molecule has 37 nitrogen and oxygen atoms in total. The number of phenolic OH excluding ortho intramolecular Hbond substituents is 1. The molecule has 145 heavy (non-hydrogen) atoms. The molecule has 4 aromatic carbocycles. The second-order valence-electron chi connectivity index (χ2n) is 37.8. The van der Waals surface area contributed by atoms with Crippen molar-refractivity contribution in [3.8, 4) is 5.75 Å².